The average Bonchev–Trinajstić information content (AvgIpc) is 2.14. The summed E-state index contributed by atoms with van der Waals surface area (Å²) in [7, 11) is 0. The molecular weight excluding hydrogens is 212 g/mol. The summed E-state index contributed by atoms with van der Waals surface area (Å²) in [6.45, 7) is 10.7. The molecule has 1 unspecified atom stereocenters. The second kappa shape index (κ2) is 5.84. The molecule has 0 radical (unpaired) electrons. The second-order valence-electron chi connectivity index (χ2n) is 5.37. The summed E-state index contributed by atoms with van der Waals surface area (Å²) >= 11 is 0. The van der Waals surface area contributed by atoms with E-state index in [0.717, 1.165) is 18.1 Å². The minimum Gasteiger partial charge on any atom is -0.384 e. The molecule has 1 atom stereocenters. The third-order valence-corrected chi connectivity index (χ3v) is 2.50. The number of nitrogens with one attached hydrogen (secondary N) is 1. The van der Waals surface area contributed by atoms with E-state index in [2.05, 4.69) is 49.9 Å². The number of nitrogens with zero attached hydrogens (tertiary/aromatic N) is 2. The van der Waals surface area contributed by atoms with Crippen LogP contribution >= 0.6 is 0 Å². The third-order valence-electron chi connectivity index (χ3n) is 2.50. The number of anilines is 2. The van der Waals surface area contributed by atoms with E-state index in [9.17, 15) is 0 Å². The van der Waals surface area contributed by atoms with Gasteiger partial charge in [0, 0.05) is 18.0 Å². The van der Waals surface area contributed by atoms with Gasteiger partial charge >= 0.3 is 0 Å². The van der Waals surface area contributed by atoms with Crippen LogP contribution in [0.25, 0.3) is 0 Å². The van der Waals surface area contributed by atoms with E-state index in [0.29, 0.717) is 23.7 Å². The topological polar surface area (TPSA) is 63.8 Å². The molecule has 0 spiro atoms. The number of nitrogens with two attached hydrogens (primary N) is 1. The van der Waals surface area contributed by atoms with Crippen LogP contribution in [0.4, 0.5) is 11.6 Å². The standard InChI is InChI=1S/C13H24N4/c1-8(2)6-10(5)15-12-7-11(14)16-13(17-12)9(3)4/h7-10H,6H2,1-5H3,(H3,14,15,16,17). The molecule has 0 saturated heterocycles. The van der Waals surface area contributed by atoms with Gasteiger partial charge in [0.05, 0.1) is 0 Å². The summed E-state index contributed by atoms with van der Waals surface area (Å²) in [4.78, 5) is 8.71. The van der Waals surface area contributed by atoms with Gasteiger partial charge in [-0.1, -0.05) is 27.7 Å². The Labute approximate surface area is 104 Å². The molecule has 0 aliphatic carbocycles. The van der Waals surface area contributed by atoms with Gasteiger partial charge in [-0.3, -0.25) is 0 Å². The molecule has 0 amide bonds. The maximum atomic E-state index is 5.78. The normalized spacial score (nSPS) is 13.1. The lowest BCUT2D eigenvalue weighted by Crippen LogP contribution is -2.19. The van der Waals surface area contributed by atoms with Crippen LogP contribution < -0.4 is 11.1 Å². The Kier molecular flexibility index (Phi) is 4.73. The molecule has 1 heterocycles. The fourth-order valence-electron chi connectivity index (χ4n) is 1.84. The van der Waals surface area contributed by atoms with E-state index >= 15 is 0 Å². The summed E-state index contributed by atoms with van der Waals surface area (Å²) in [5, 5.41) is 3.38. The second-order valence-corrected chi connectivity index (χ2v) is 5.37. The van der Waals surface area contributed by atoms with Crippen LogP contribution in [0, 0.1) is 5.92 Å². The zero-order valence-electron chi connectivity index (χ0n) is 11.5. The molecule has 0 aliphatic rings. The maximum Gasteiger partial charge on any atom is 0.135 e. The van der Waals surface area contributed by atoms with Crippen molar-refractivity contribution < 1.29 is 0 Å². The van der Waals surface area contributed by atoms with Gasteiger partial charge in [-0.25, -0.2) is 9.97 Å². The van der Waals surface area contributed by atoms with Gasteiger partial charge in [0.1, 0.15) is 17.5 Å². The molecule has 4 nitrogen and oxygen atoms in total. The molecule has 1 aromatic heterocycles. The van der Waals surface area contributed by atoms with Gasteiger partial charge in [0.25, 0.3) is 0 Å². The third kappa shape index (κ3) is 4.59. The molecule has 1 rings (SSSR count). The van der Waals surface area contributed by atoms with Crippen molar-refractivity contribution in [1.82, 2.24) is 9.97 Å². The minimum absolute atomic E-state index is 0.291. The highest BCUT2D eigenvalue weighted by atomic mass is 15.1. The fraction of sp³-hybridized carbons (Fsp3) is 0.692. The molecule has 1 aromatic rings. The van der Waals surface area contributed by atoms with Crippen molar-refractivity contribution in [1.29, 1.82) is 0 Å². The Balaban J connectivity index is 2.77. The molecule has 17 heavy (non-hydrogen) atoms. The summed E-state index contributed by atoms with van der Waals surface area (Å²) in [6, 6.07) is 2.19. The predicted octanol–water partition coefficient (Wildman–Crippen LogP) is 3.03. The molecule has 0 bridgehead atoms. The van der Waals surface area contributed by atoms with Crippen LogP contribution in [0.5, 0.6) is 0 Å². The number of nitrogen functional groups attached to an aromatic ring is 1. The first kappa shape index (κ1) is 13.7. The zero-order valence-corrected chi connectivity index (χ0v) is 11.5. The first-order chi connectivity index (χ1) is 7.88. The van der Waals surface area contributed by atoms with Crippen molar-refractivity contribution in [2.45, 2.75) is 53.0 Å². The Hall–Kier alpha value is -1.32. The molecule has 0 aromatic carbocycles. The summed E-state index contributed by atoms with van der Waals surface area (Å²) in [5.74, 6) is 3.11. The number of hydrogen-bond donors (Lipinski definition) is 2. The molecule has 0 aliphatic heterocycles. The van der Waals surface area contributed by atoms with Crippen LogP contribution in [0.2, 0.25) is 0 Å². The molecule has 0 fully saturated rings. The van der Waals surface area contributed by atoms with Crippen LogP contribution in [0.15, 0.2) is 6.07 Å². The monoisotopic (exact) mass is 236 g/mol. The van der Waals surface area contributed by atoms with E-state index in [1.54, 1.807) is 6.07 Å². The summed E-state index contributed by atoms with van der Waals surface area (Å²) < 4.78 is 0. The van der Waals surface area contributed by atoms with Crippen molar-refractivity contribution in [3.8, 4) is 0 Å². The largest absolute Gasteiger partial charge is 0.384 e. The van der Waals surface area contributed by atoms with Crippen molar-refractivity contribution in [3.63, 3.8) is 0 Å². The Bertz CT molecular complexity index is 360. The molecule has 0 saturated carbocycles. The highest BCUT2D eigenvalue weighted by Crippen LogP contribution is 2.17. The van der Waals surface area contributed by atoms with E-state index in [4.69, 9.17) is 5.73 Å². The van der Waals surface area contributed by atoms with Crippen molar-refractivity contribution >= 4 is 11.6 Å². The van der Waals surface area contributed by atoms with E-state index < -0.39 is 0 Å². The smallest absolute Gasteiger partial charge is 0.135 e. The van der Waals surface area contributed by atoms with Crippen LogP contribution in [-0.2, 0) is 0 Å². The first-order valence-electron chi connectivity index (χ1n) is 6.29. The van der Waals surface area contributed by atoms with E-state index in [-0.39, 0.29) is 0 Å². The molecular formula is C13H24N4. The Morgan fingerprint density at radius 3 is 2.35 bits per heavy atom. The highest BCUT2D eigenvalue weighted by Gasteiger charge is 2.09. The predicted molar refractivity (Wildman–Crippen MR) is 73.1 cm³/mol. The number of rotatable bonds is 5. The Morgan fingerprint density at radius 2 is 1.82 bits per heavy atom. The summed E-state index contributed by atoms with van der Waals surface area (Å²) in [5.41, 5.74) is 5.78. The van der Waals surface area contributed by atoms with Gasteiger partial charge in [0.15, 0.2) is 0 Å². The van der Waals surface area contributed by atoms with Crippen LogP contribution in [0.1, 0.15) is 52.8 Å². The van der Waals surface area contributed by atoms with E-state index in [1.165, 1.54) is 0 Å². The lowest BCUT2D eigenvalue weighted by atomic mass is 10.1. The van der Waals surface area contributed by atoms with Gasteiger partial charge in [0.2, 0.25) is 0 Å². The quantitative estimate of drug-likeness (QED) is 0.824. The van der Waals surface area contributed by atoms with Gasteiger partial charge in [-0.15, -0.1) is 0 Å². The average molecular weight is 236 g/mol. The molecule has 3 N–H and O–H groups in total. The number of hydrogen-bond acceptors (Lipinski definition) is 4. The summed E-state index contributed by atoms with van der Waals surface area (Å²) in [6.07, 6.45) is 1.11. The molecule has 4 heteroatoms. The molecule has 96 valence electrons. The van der Waals surface area contributed by atoms with Crippen LogP contribution in [0.3, 0.4) is 0 Å². The van der Waals surface area contributed by atoms with Crippen molar-refractivity contribution in [3.05, 3.63) is 11.9 Å². The SMILES string of the molecule is CC(C)CC(C)Nc1cc(N)nc(C(C)C)n1. The zero-order chi connectivity index (χ0) is 13.0. The lowest BCUT2D eigenvalue weighted by Gasteiger charge is -2.17. The van der Waals surface area contributed by atoms with Gasteiger partial charge in [-0.2, -0.15) is 0 Å². The lowest BCUT2D eigenvalue weighted by molar-refractivity contribution is 0.538. The fourth-order valence-corrected chi connectivity index (χ4v) is 1.84. The first-order valence-corrected chi connectivity index (χ1v) is 6.29. The van der Waals surface area contributed by atoms with Gasteiger partial charge in [-0.05, 0) is 19.3 Å². The minimum atomic E-state index is 0.291. The van der Waals surface area contributed by atoms with Gasteiger partial charge < -0.3 is 11.1 Å². The van der Waals surface area contributed by atoms with Crippen LogP contribution in [-0.4, -0.2) is 16.0 Å². The van der Waals surface area contributed by atoms with Crippen molar-refractivity contribution in [2.24, 2.45) is 5.92 Å². The Morgan fingerprint density at radius 1 is 1.18 bits per heavy atom. The van der Waals surface area contributed by atoms with E-state index in [1.807, 2.05) is 0 Å². The highest BCUT2D eigenvalue weighted by molar-refractivity contribution is 5.45. The van der Waals surface area contributed by atoms with Crippen molar-refractivity contribution in [2.75, 3.05) is 11.1 Å². The number of aromatic nitrogens is 2. The maximum absolute atomic E-state index is 5.78.